The molecule has 0 aromatic heterocycles. The number of carboxylic acids is 1. The van der Waals surface area contributed by atoms with Crippen molar-refractivity contribution in [1.29, 1.82) is 0 Å². The predicted octanol–water partition coefficient (Wildman–Crippen LogP) is 0.178. The van der Waals surface area contributed by atoms with Crippen molar-refractivity contribution in [3.05, 3.63) is 17.2 Å². The Bertz CT molecular complexity index is 369. The third kappa shape index (κ3) is 1.35. The molecule has 5 nitrogen and oxygen atoms in total. The van der Waals surface area contributed by atoms with Gasteiger partial charge >= 0.3 is 5.97 Å². The van der Waals surface area contributed by atoms with E-state index < -0.39 is 28.8 Å². The third-order valence-electron chi connectivity index (χ3n) is 1.69. The molecule has 3 N–H and O–H groups in total. The van der Waals surface area contributed by atoms with Gasteiger partial charge in [-0.3, -0.25) is 0 Å². The van der Waals surface area contributed by atoms with Gasteiger partial charge < -0.3 is 20.4 Å². The molecule has 1 aromatic carbocycles. The zero-order valence-electron chi connectivity index (χ0n) is 6.74. The van der Waals surface area contributed by atoms with Crippen LogP contribution in [0.2, 0.25) is 0 Å². The first-order chi connectivity index (χ1) is 5.95. The highest BCUT2D eigenvalue weighted by atomic mass is 16.4. The SMILES string of the molecule is Cc1c([O-])c(O)cc(O)c1C(=O)O. The molecule has 0 saturated heterocycles. The van der Waals surface area contributed by atoms with Gasteiger partial charge in [0, 0.05) is 6.07 Å². The minimum atomic E-state index is -1.40. The Hall–Kier alpha value is -1.91. The van der Waals surface area contributed by atoms with E-state index in [2.05, 4.69) is 0 Å². The lowest BCUT2D eigenvalue weighted by atomic mass is 10.1. The van der Waals surface area contributed by atoms with E-state index >= 15 is 0 Å². The molecule has 0 radical (unpaired) electrons. The second-order valence-electron chi connectivity index (χ2n) is 2.55. The molecule has 0 aliphatic heterocycles. The molecular formula is C8H7O5-. The molecule has 0 heterocycles. The van der Waals surface area contributed by atoms with Crippen molar-refractivity contribution in [2.45, 2.75) is 6.92 Å². The van der Waals surface area contributed by atoms with Gasteiger partial charge in [-0.1, -0.05) is 5.75 Å². The first-order valence-electron chi connectivity index (χ1n) is 3.41. The molecule has 0 atom stereocenters. The number of hydrogen-bond donors (Lipinski definition) is 3. The Morgan fingerprint density at radius 1 is 1.38 bits per heavy atom. The molecule has 13 heavy (non-hydrogen) atoms. The molecule has 1 aromatic rings. The summed E-state index contributed by atoms with van der Waals surface area (Å²) >= 11 is 0. The van der Waals surface area contributed by atoms with Crippen molar-refractivity contribution < 1.29 is 25.2 Å². The van der Waals surface area contributed by atoms with Gasteiger partial charge in [0.25, 0.3) is 0 Å². The summed E-state index contributed by atoms with van der Waals surface area (Å²) in [5, 5.41) is 37.6. The lowest BCUT2D eigenvalue weighted by Crippen LogP contribution is -2.04. The Kier molecular flexibility index (Phi) is 2.02. The minimum Gasteiger partial charge on any atom is -0.870 e. The maximum Gasteiger partial charge on any atom is 0.339 e. The average Bonchev–Trinajstić information content (AvgIpc) is 1.99. The number of phenols is 2. The zero-order valence-corrected chi connectivity index (χ0v) is 6.74. The fourth-order valence-corrected chi connectivity index (χ4v) is 1.03. The van der Waals surface area contributed by atoms with E-state index in [1.165, 1.54) is 6.92 Å². The predicted molar refractivity (Wildman–Crippen MR) is 40.9 cm³/mol. The molecule has 70 valence electrons. The monoisotopic (exact) mass is 183 g/mol. The average molecular weight is 183 g/mol. The summed E-state index contributed by atoms with van der Waals surface area (Å²) in [6.07, 6.45) is 0. The van der Waals surface area contributed by atoms with Gasteiger partial charge in [-0.15, -0.1) is 0 Å². The van der Waals surface area contributed by atoms with Gasteiger partial charge in [0.1, 0.15) is 17.1 Å². The lowest BCUT2D eigenvalue weighted by molar-refractivity contribution is -0.271. The van der Waals surface area contributed by atoms with Crippen LogP contribution < -0.4 is 5.11 Å². The van der Waals surface area contributed by atoms with Crippen LogP contribution in [0.1, 0.15) is 15.9 Å². The van der Waals surface area contributed by atoms with Gasteiger partial charge in [0.05, 0.1) is 0 Å². The molecule has 0 aliphatic carbocycles. The van der Waals surface area contributed by atoms with E-state index in [1.54, 1.807) is 0 Å². The number of carbonyl (C=O) groups is 1. The topological polar surface area (TPSA) is 101 Å². The van der Waals surface area contributed by atoms with E-state index in [0.29, 0.717) is 0 Å². The summed E-state index contributed by atoms with van der Waals surface area (Å²) in [6, 6.07) is 0.721. The Labute approximate surface area is 73.5 Å². The molecule has 0 fully saturated rings. The van der Waals surface area contributed by atoms with Crippen LogP contribution in [0.4, 0.5) is 0 Å². The second kappa shape index (κ2) is 2.85. The van der Waals surface area contributed by atoms with Crippen molar-refractivity contribution in [3.8, 4) is 17.2 Å². The van der Waals surface area contributed by atoms with Crippen molar-refractivity contribution in [3.63, 3.8) is 0 Å². The quantitative estimate of drug-likeness (QED) is 0.576. The molecule has 0 aliphatic rings. The Morgan fingerprint density at radius 3 is 2.38 bits per heavy atom. The summed E-state index contributed by atoms with van der Waals surface area (Å²) in [4.78, 5) is 10.5. The second-order valence-corrected chi connectivity index (χ2v) is 2.55. The summed E-state index contributed by atoms with van der Waals surface area (Å²) in [7, 11) is 0. The van der Waals surface area contributed by atoms with E-state index in [1.807, 2.05) is 0 Å². The van der Waals surface area contributed by atoms with Crippen LogP contribution in [0.5, 0.6) is 17.2 Å². The minimum absolute atomic E-state index is 0.176. The van der Waals surface area contributed by atoms with Crippen molar-refractivity contribution in [2.75, 3.05) is 0 Å². The van der Waals surface area contributed by atoms with E-state index in [4.69, 9.17) is 15.3 Å². The maximum absolute atomic E-state index is 11.0. The van der Waals surface area contributed by atoms with E-state index in [-0.39, 0.29) is 5.56 Å². The molecule has 0 saturated carbocycles. The van der Waals surface area contributed by atoms with Crippen molar-refractivity contribution in [2.24, 2.45) is 0 Å². The van der Waals surface area contributed by atoms with Gasteiger partial charge in [-0.25, -0.2) is 4.79 Å². The summed E-state index contributed by atoms with van der Waals surface area (Å²) in [5.74, 6) is -3.44. The lowest BCUT2D eigenvalue weighted by Gasteiger charge is -2.15. The highest BCUT2D eigenvalue weighted by Gasteiger charge is 2.15. The standard InChI is InChI=1S/C8H8O5/c1-3-6(8(12)13)4(9)2-5(10)7(3)11/h2,9-11H,1H3,(H,12,13)/p-1. The highest BCUT2D eigenvalue weighted by molar-refractivity contribution is 5.93. The Balaban J connectivity index is 3.53. The fourth-order valence-electron chi connectivity index (χ4n) is 1.03. The van der Waals surface area contributed by atoms with Crippen molar-refractivity contribution in [1.82, 2.24) is 0 Å². The zero-order chi connectivity index (χ0) is 10.2. The smallest absolute Gasteiger partial charge is 0.339 e. The number of carboxylic acid groups (broad SMARTS) is 1. The largest absolute Gasteiger partial charge is 0.870 e. The molecule has 0 unspecified atom stereocenters. The van der Waals surface area contributed by atoms with Crippen LogP contribution in [0.3, 0.4) is 0 Å². The van der Waals surface area contributed by atoms with Gasteiger partial charge in [-0.05, 0) is 12.5 Å². The molecule has 1 rings (SSSR count). The third-order valence-corrected chi connectivity index (χ3v) is 1.69. The van der Waals surface area contributed by atoms with Crippen LogP contribution in [0, 0.1) is 6.92 Å². The number of phenolic OH excluding ortho intramolecular Hbond substituents is 1. The maximum atomic E-state index is 11.0. The number of benzene rings is 1. The molecule has 0 amide bonds. The summed E-state index contributed by atoms with van der Waals surface area (Å²) in [6.45, 7) is 1.23. The van der Waals surface area contributed by atoms with Crippen molar-refractivity contribution >= 4 is 5.97 Å². The molecular weight excluding hydrogens is 176 g/mol. The summed E-state index contributed by atoms with van der Waals surface area (Å²) in [5.41, 5.74) is -0.646. The molecule has 0 bridgehead atoms. The van der Waals surface area contributed by atoms with Crippen LogP contribution in [-0.2, 0) is 0 Å². The normalized spacial score (nSPS) is 9.92. The van der Waals surface area contributed by atoms with Gasteiger partial charge in [0.15, 0.2) is 0 Å². The van der Waals surface area contributed by atoms with Crippen LogP contribution in [0.15, 0.2) is 6.07 Å². The van der Waals surface area contributed by atoms with Crippen LogP contribution in [0.25, 0.3) is 0 Å². The van der Waals surface area contributed by atoms with Crippen LogP contribution >= 0.6 is 0 Å². The first kappa shape index (κ1) is 9.18. The fraction of sp³-hybridized carbons (Fsp3) is 0.125. The van der Waals surface area contributed by atoms with Gasteiger partial charge in [0.2, 0.25) is 0 Å². The Morgan fingerprint density at radius 2 is 1.92 bits per heavy atom. The first-order valence-corrected chi connectivity index (χ1v) is 3.41. The van der Waals surface area contributed by atoms with E-state index in [9.17, 15) is 9.90 Å². The number of hydrogen-bond acceptors (Lipinski definition) is 4. The number of aromatic hydroxyl groups is 2. The van der Waals surface area contributed by atoms with Gasteiger partial charge in [-0.2, -0.15) is 0 Å². The summed E-state index contributed by atoms with van der Waals surface area (Å²) < 4.78 is 0. The number of aromatic carboxylic acids is 1. The van der Waals surface area contributed by atoms with Crippen LogP contribution in [-0.4, -0.2) is 21.3 Å². The molecule has 5 heteroatoms. The number of rotatable bonds is 1. The highest BCUT2D eigenvalue weighted by Crippen LogP contribution is 2.34. The molecule has 0 spiro atoms. The van der Waals surface area contributed by atoms with E-state index in [0.717, 1.165) is 6.07 Å².